The molecule has 0 aromatic rings. The molecule has 0 aliphatic rings. The van der Waals surface area contributed by atoms with E-state index in [1.165, 1.54) is 85.3 Å². The van der Waals surface area contributed by atoms with Gasteiger partial charge in [-0.25, -0.2) is 0 Å². The summed E-state index contributed by atoms with van der Waals surface area (Å²) in [5, 5.41) is 41.1. The minimum absolute atomic E-state index is 0. The van der Waals surface area contributed by atoms with Gasteiger partial charge in [-0.15, -0.1) is 0 Å². The third-order valence-electron chi connectivity index (χ3n) is 4.44. The molecule has 0 amide bonds. The molecule has 0 aliphatic carbocycles. The van der Waals surface area contributed by atoms with Crippen LogP contribution in [0.15, 0.2) is 0 Å². The summed E-state index contributed by atoms with van der Waals surface area (Å²) in [6.45, 7) is -2.29. The van der Waals surface area contributed by atoms with Gasteiger partial charge in [0, 0.05) is 85.3 Å². The molecule has 0 aromatic heterocycles. The van der Waals surface area contributed by atoms with Gasteiger partial charge >= 0.3 is 25.8 Å². The molecule has 0 rings (SSSR count). The molecule has 0 unspecified atom stereocenters. The van der Waals surface area contributed by atoms with Crippen molar-refractivity contribution in [2.24, 2.45) is 0 Å². The average molecular weight is 719 g/mol. The third kappa shape index (κ3) is 18.2. The first-order valence-electron chi connectivity index (χ1n) is 9.92. The number of hydrogen-bond donors (Lipinski definition) is 0. The zero-order valence-electron chi connectivity index (χ0n) is 23.9. The summed E-state index contributed by atoms with van der Waals surface area (Å²) < 4.78 is 55.5. The van der Waals surface area contributed by atoms with E-state index in [4.69, 9.17) is 0 Å². The molecular formula is C20H44HfO16. The van der Waals surface area contributed by atoms with Crippen LogP contribution >= 0.6 is 0 Å². The predicted molar refractivity (Wildman–Crippen MR) is 115 cm³/mol. The number of ether oxygens (including phenoxy) is 12. The van der Waals surface area contributed by atoms with E-state index >= 15 is 0 Å². The summed E-state index contributed by atoms with van der Waals surface area (Å²) in [4.78, 5) is 0. The molecular weight excluding hydrogens is 675 g/mol. The average Bonchev–Trinajstić information content (AvgIpc) is 2.96. The summed E-state index contributed by atoms with van der Waals surface area (Å²) in [5.41, 5.74) is 0. The van der Waals surface area contributed by atoms with Crippen LogP contribution < -0.4 is 20.4 Å². The minimum atomic E-state index is -1.39. The molecule has 0 aromatic carbocycles. The van der Waals surface area contributed by atoms with Gasteiger partial charge in [0.05, 0.1) is 0 Å². The Morgan fingerprint density at radius 2 is 0.378 bits per heavy atom. The van der Waals surface area contributed by atoms with Crippen molar-refractivity contribution in [1.29, 1.82) is 0 Å². The smallest absolute Gasteiger partial charge is 0.849 e. The molecule has 17 heteroatoms. The summed E-state index contributed by atoms with van der Waals surface area (Å²) in [7, 11) is 16.2. The van der Waals surface area contributed by atoms with Crippen LogP contribution in [-0.2, 0) is 82.7 Å². The van der Waals surface area contributed by atoms with Crippen LogP contribution in [0, 0.1) is 0 Å². The van der Waals surface area contributed by atoms with Crippen molar-refractivity contribution in [2.75, 3.05) is 112 Å². The molecule has 0 N–H and O–H groups in total. The van der Waals surface area contributed by atoms with Gasteiger partial charge in [0.1, 0.15) is 0 Å². The normalized spacial score (nSPS) is 11.7. The molecule has 37 heavy (non-hydrogen) atoms. The van der Waals surface area contributed by atoms with Crippen LogP contribution in [0.25, 0.3) is 0 Å². The topological polar surface area (TPSA) is 203 Å². The maximum Gasteiger partial charge on any atom is 4.00 e. The Bertz CT molecular complexity index is 294. The van der Waals surface area contributed by atoms with Crippen molar-refractivity contribution in [3.8, 4) is 0 Å². The predicted octanol–water partition coefficient (Wildman–Crippen LogP) is -4.24. The maximum atomic E-state index is 10.3. The second-order valence-electron chi connectivity index (χ2n) is 5.76. The minimum Gasteiger partial charge on any atom is -0.849 e. The van der Waals surface area contributed by atoms with Crippen LogP contribution in [-0.4, -0.2) is 136 Å². The van der Waals surface area contributed by atoms with Crippen LogP contribution in [0.4, 0.5) is 0 Å². The Labute approximate surface area is 238 Å². The Morgan fingerprint density at radius 3 is 0.378 bits per heavy atom. The zero-order chi connectivity index (χ0) is 29.3. The van der Waals surface area contributed by atoms with E-state index in [1.54, 1.807) is 0 Å². The molecule has 0 saturated heterocycles. The molecule has 0 aliphatic heterocycles. The van der Waals surface area contributed by atoms with E-state index < -0.39 is 50.3 Å². The monoisotopic (exact) mass is 720 g/mol. The van der Waals surface area contributed by atoms with Gasteiger partial charge in [-0.05, 0) is 0 Å². The van der Waals surface area contributed by atoms with Crippen LogP contribution in [0.1, 0.15) is 0 Å². The first kappa shape index (κ1) is 47.0. The summed E-state index contributed by atoms with van der Waals surface area (Å²) in [5.74, 6) is -5.56. The van der Waals surface area contributed by atoms with Crippen molar-refractivity contribution in [3.05, 3.63) is 0 Å². The molecule has 224 valence electrons. The fraction of sp³-hybridized carbons (Fsp3) is 1.00. The second kappa shape index (κ2) is 27.8. The Morgan fingerprint density at radius 1 is 0.297 bits per heavy atom. The standard InChI is InChI=1S/4C5H11O4.Hf/c4*1-7-5(4-6,8-2)9-3;/h4*4H2,1-3H3;/q4*-1;+4. The molecule has 0 heterocycles. The van der Waals surface area contributed by atoms with Gasteiger partial charge in [-0.1, -0.05) is 26.4 Å². The first-order chi connectivity index (χ1) is 17.0. The Balaban J connectivity index is -0.000000122. The van der Waals surface area contributed by atoms with Gasteiger partial charge in [0.2, 0.25) is 0 Å². The molecule has 0 spiro atoms. The number of rotatable bonds is 16. The zero-order valence-corrected chi connectivity index (χ0v) is 27.5. The fourth-order valence-electron chi connectivity index (χ4n) is 1.71. The second-order valence-corrected chi connectivity index (χ2v) is 5.76. The van der Waals surface area contributed by atoms with E-state index in [0.717, 1.165) is 0 Å². The first-order valence-corrected chi connectivity index (χ1v) is 9.92. The van der Waals surface area contributed by atoms with Crippen LogP contribution in [0.2, 0.25) is 0 Å². The molecule has 0 atom stereocenters. The van der Waals surface area contributed by atoms with Crippen molar-refractivity contribution >= 4 is 0 Å². The van der Waals surface area contributed by atoms with E-state index in [9.17, 15) is 20.4 Å². The van der Waals surface area contributed by atoms with Crippen LogP contribution in [0.3, 0.4) is 0 Å². The van der Waals surface area contributed by atoms with Crippen molar-refractivity contribution in [3.63, 3.8) is 0 Å². The van der Waals surface area contributed by atoms with E-state index in [1.807, 2.05) is 0 Å². The van der Waals surface area contributed by atoms with Gasteiger partial charge in [0.15, 0.2) is 0 Å². The van der Waals surface area contributed by atoms with E-state index in [-0.39, 0.29) is 25.8 Å². The molecule has 0 radical (unpaired) electrons. The third-order valence-corrected chi connectivity index (χ3v) is 4.44. The maximum absolute atomic E-state index is 10.3. The summed E-state index contributed by atoms with van der Waals surface area (Å²) in [6, 6.07) is 0. The van der Waals surface area contributed by atoms with E-state index in [2.05, 4.69) is 56.8 Å². The molecule has 0 saturated carbocycles. The summed E-state index contributed by atoms with van der Waals surface area (Å²) >= 11 is 0. The summed E-state index contributed by atoms with van der Waals surface area (Å²) in [6.07, 6.45) is 0. The quantitative estimate of drug-likeness (QED) is 0.110. The van der Waals surface area contributed by atoms with Gasteiger partial charge in [0.25, 0.3) is 23.9 Å². The molecule has 16 nitrogen and oxygen atoms in total. The van der Waals surface area contributed by atoms with Gasteiger partial charge < -0.3 is 77.3 Å². The van der Waals surface area contributed by atoms with Gasteiger partial charge in [-0.3, -0.25) is 0 Å². The van der Waals surface area contributed by atoms with Crippen molar-refractivity contribution in [2.45, 2.75) is 23.9 Å². The van der Waals surface area contributed by atoms with E-state index in [0.29, 0.717) is 0 Å². The fourth-order valence-corrected chi connectivity index (χ4v) is 1.71. The number of hydrogen-bond acceptors (Lipinski definition) is 16. The SMILES string of the molecule is COC(C[O-])(OC)OC.COC(C[O-])(OC)OC.COC(C[O-])(OC)OC.COC(C[O-])(OC)OC.[Hf+4]. The molecule has 0 bridgehead atoms. The Hall–Kier alpha value is 0.230. The number of methoxy groups -OCH3 is 12. The van der Waals surface area contributed by atoms with Crippen molar-refractivity contribution < 1.29 is 103 Å². The largest absolute Gasteiger partial charge is 4.00 e. The van der Waals surface area contributed by atoms with Crippen molar-refractivity contribution in [1.82, 2.24) is 0 Å². The molecule has 0 fully saturated rings. The van der Waals surface area contributed by atoms with Crippen LogP contribution in [0.5, 0.6) is 0 Å². The Kier molecular flexibility index (Phi) is 35.3. The van der Waals surface area contributed by atoms with Gasteiger partial charge in [-0.2, -0.15) is 0 Å².